The maximum Gasteiger partial charge on any atom is 0.339 e. The summed E-state index contributed by atoms with van der Waals surface area (Å²) in [5.74, 6) is -0.00579. The van der Waals surface area contributed by atoms with Crippen LogP contribution in [0.2, 0.25) is 0 Å². The van der Waals surface area contributed by atoms with Gasteiger partial charge in [0.25, 0.3) is 0 Å². The van der Waals surface area contributed by atoms with E-state index >= 15 is 0 Å². The molecule has 1 saturated heterocycles. The molecule has 0 amide bonds. The molecular formula is C13H17NO3. The highest BCUT2D eigenvalue weighted by Crippen LogP contribution is 2.27. The molecule has 0 bridgehead atoms. The average molecular weight is 235 g/mol. The number of hydrogen-bond donors (Lipinski definition) is 1. The van der Waals surface area contributed by atoms with E-state index in [1.165, 1.54) is 7.11 Å². The van der Waals surface area contributed by atoms with Crippen LogP contribution in [-0.2, 0) is 4.74 Å². The fourth-order valence-corrected chi connectivity index (χ4v) is 2.23. The largest absolute Gasteiger partial charge is 0.465 e. The number of benzene rings is 1. The van der Waals surface area contributed by atoms with Gasteiger partial charge >= 0.3 is 5.97 Å². The van der Waals surface area contributed by atoms with Crippen molar-refractivity contribution in [1.29, 1.82) is 0 Å². The smallest absolute Gasteiger partial charge is 0.339 e. The van der Waals surface area contributed by atoms with Crippen molar-refractivity contribution in [1.82, 2.24) is 0 Å². The molecule has 92 valence electrons. The van der Waals surface area contributed by atoms with Crippen LogP contribution in [0.4, 0.5) is 5.69 Å². The minimum Gasteiger partial charge on any atom is -0.465 e. The zero-order valence-electron chi connectivity index (χ0n) is 9.93. The molecule has 0 aromatic heterocycles. The van der Waals surface area contributed by atoms with Gasteiger partial charge in [0.1, 0.15) is 0 Å². The Balaban J connectivity index is 2.23. The van der Waals surface area contributed by atoms with Crippen molar-refractivity contribution in [2.24, 2.45) is 5.92 Å². The number of esters is 1. The van der Waals surface area contributed by atoms with Gasteiger partial charge in [0.2, 0.25) is 0 Å². The van der Waals surface area contributed by atoms with Crippen LogP contribution in [0, 0.1) is 5.92 Å². The van der Waals surface area contributed by atoms with Gasteiger partial charge in [0.15, 0.2) is 0 Å². The Hall–Kier alpha value is -1.55. The molecule has 1 aromatic carbocycles. The summed E-state index contributed by atoms with van der Waals surface area (Å²) < 4.78 is 4.77. The number of aliphatic hydroxyl groups is 1. The molecule has 1 unspecified atom stereocenters. The van der Waals surface area contributed by atoms with Crippen molar-refractivity contribution >= 4 is 11.7 Å². The molecule has 1 atom stereocenters. The van der Waals surface area contributed by atoms with E-state index in [4.69, 9.17) is 9.84 Å². The monoisotopic (exact) mass is 235 g/mol. The van der Waals surface area contributed by atoms with Crippen molar-refractivity contribution in [3.05, 3.63) is 29.8 Å². The minimum absolute atomic E-state index is 0.205. The molecule has 1 N–H and O–H groups in total. The summed E-state index contributed by atoms with van der Waals surface area (Å²) in [6.07, 6.45) is 0.964. The average Bonchev–Trinajstić information content (AvgIpc) is 2.86. The van der Waals surface area contributed by atoms with Crippen molar-refractivity contribution in [3.63, 3.8) is 0 Å². The van der Waals surface area contributed by atoms with Crippen LogP contribution in [0.5, 0.6) is 0 Å². The van der Waals surface area contributed by atoms with E-state index in [0.29, 0.717) is 11.5 Å². The molecule has 0 saturated carbocycles. The number of anilines is 1. The van der Waals surface area contributed by atoms with Gasteiger partial charge < -0.3 is 14.7 Å². The summed E-state index contributed by atoms with van der Waals surface area (Å²) in [5, 5.41) is 9.14. The predicted molar refractivity (Wildman–Crippen MR) is 65.2 cm³/mol. The lowest BCUT2D eigenvalue weighted by Crippen LogP contribution is -2.23. The van der Waals surface area contributed by atoms with E-state index in [2.05, 4.69) is 4.90 Å². The molecule has 0 spiro atoms. The maximum absolute atomic E-state index is 11.6. The normalized spacial score (nSPS) is 19.4. The van der Waals surface area contributed by atoms with Gasteiger partial charge in [-0.15, -0.1) is 0 Å². The third-order valence-electron chi connectivity index (χ3n) is 3.19. The van der Waals surface area contributed by atoms with Crippen molar-refractivity contribution in [2.75, 3.05) is 31.7 Å². The summed E-state index contributed by atoms with van der Waals surface area (Å²) >= 11 is 0. The van der Waals surface area contributed by atoms with Gasteiger partial charge in [0.05, 0.1) is 18.4 Å². The third-order valence-corrected chi connectivity index (χ3v) is 3.19. The first-order valence-corrected chi connectivity index (χ1v) is 5.79. The molecule has 1 aromatic rings. The van der Waals surface area contributed by atoms with Crippen LogP contribution in [-0.4, -0.2) is 37.9 Å². The van der Waals surface area contributed by atoms with Gasteiger partial charge in [-0.05, 0) is 18.6 Å². The molecule has 4 nitrogen and oxygen atoms in total. The maximum atomic E-state index is 11.6. The second-order valence-corrected chi connectivity index (χ2v) is 4.29. The summed E-state index contributed by atoms with van der Waals surface area (Å²) in [4.78, 5) is 13.8. The van der Waals surface area contributed by atoms with Gasteiger partial charge in [-0.2, -0.15) is 0 Å². The summed E-state index contributed by atoms with van der Waals surface area (Å²) in [6, 6.07) is 7.43. The zero-order valence-corrected chi connectivity index (χ0v) is 9.93. The van der Waals surface area contributed by atoms with Crippen molar-refractivity contribution in [3.8, 4) is 0 Å². The Kier molecular flexibility index (Phi) is 3.64. The quantitative estimate of drug-likeness (QED) is 0.802. The number of ether oxygens (including phenoxy) is 1. The van der Waals surface area contributed by atoms with E-state index in [9.17, 15) is 4.79 Å². The van der Waals surface area contributed by atoms with Crippen LogP contribution < -0.4 is 4.90 Å². The number of aliphatic hydroxyl groups excluding tert-OH is 1. The molecule has 1 heterocycles. The number of methoxy groups -OCH3 is 1. The van der Waals surface area contributed by atoms with Gasteiger partial charge in [-0.25, -0.2) is 4.79 Å². The molecule has 4 heteroatoms. The first-order chi connectivity index (χ1) is 8.26. The number of carbonyl (C=O) groups is 1. The molecule has 1 fully saturated rings. The first kappa shape index (κ1) is 11.9. The van der Waals surface area contributed by atoms with Gasteiger partial charge in [0, 0.05) is 25.6 Å². The SMILES string of the molecule is COC(=O)c1ccccc1N1CCC(CO)C1. The Morgan fingerprint density at radius 2 is 2.29 bits per heavy atom. The lowest BCUT2D eigenvalue weighted by Gasteiger charge is -2.20. The Morgan fingerprint density at radius 3 is 2.94 bits per heavy atom. The van der Waals surface area contributed by atoms with Crippen LogP contribution in [0.1, 0.15) is 16.8 Å². The Labute approximate surface area is 101 Å². The second kappa shape index (κ2) is 5.19. The van der Waals surface area contributed by atoms with Gasteiger partial charge in [-0.3, -0.25) is 0 Å². The van der Waals surface area contributed by atoms with Crippen molar-refractivity contribution < 1.29 is 14.6 Å². The molecule has 1 aliphatic heterocycles. The highest BCUT2D eigenvalue weighted by molar-refractivity contribution is 5.95. The standard InChI is InChI=1S/C13H17NO3/c1-17-13(16)11-4-2-3-5-12(11)14-7-6-10(8-14)9-15/h2-5,10,15H,6-9H2,1H3. The Morgan fingerprint density at radius 1 is 1.53 bits per heavy atom. The molecular weight excluding hydrogens is 218 g/mol. The highest BCUT2D eigenvalue weighted by atomic mass is 16.5. The lowest BCUT2D eigenvalue weighted by molar-refractivity contribution is 0.0601. The summed E-state index contributed by atoms with van der Waals surface area (Å²) in [6.45, 7) is 1.88. The molecule has 0 aliphatic carbocycles. The number of carbonyl (C=O) groups excluding carboxylic acids is 1. The molecule has 0 radical (unpaired) electrons. The summed E-state index contributed by atoms with van der Waals surface area (Å²) in [7, 11) is 1.39. The van der Waals surface area contributed by atoms with Crippen LogP contribution in [0.15, 0.2) is 24.3 Å². The third kappa shape index (κ3) is 2.42. The second-order valence-electron chi connectivity index (χ2n) is 4.29. The number of rotatable bonds is 3. The van der Waals surface area contributed by atoms with E-state index in [-0.39, 0.29) is 12.6 Å². The molecule has 17 heavy (non-hydrogen) atoms. The fraction of sp³-hybridized carbons (Fsp3) is 0.462. The van der Waals surface area contributed by atoms with Crippen molar-refractivity contribution in [2.45, 2.75) is 6.42 Å². The molecule has 2 rings (SSSR count). The van der Waals surface area contributed by atoms with Crippen LogP contribution >= 0.6 is 0 Å². The van der Waals surface area contributed by atoms with E-state index in [1.807, 2.05) is 18.2 Å². The number of nitrogens with zero attached hydrogens (tertiary/aromatic N) is 1. The Bertz CT molecular complexity index is 405. The topological polar surface area (TPSA) is 49.8 Å². The molecule has 1 aliphatic rings. The van der Waals surface area contributed by atoms with Crippen LogP contribution in [0.3, 0.4) is 0 Å². The fourth-order valence-electron chi connectivity index (χ4n) is 2.23. The zero-order chi connectivity index (χ0) is 12.3. The number of hydrogen-bond acceptors (Lipinski definition) is 4. The lowest BCUT2D eigenvalue weighted by atomic mass is 10.1. The number of para-hydroxylation sites is 1. The summed E-state index contributed by atoms with van der Waals surface area (Å²) in [5.41, 5.74) is 1.49. The first-order valence-electron chi connectivity index (χ1n) is 5.79. The minimum atomic E-state index is -0.312. The van der Waals surface area contributed by atoms with E-state index in [1.54, 1.807) is 6.07 Å². The van der Waals surface area contributed by atoms with E-state index < -0.39 is 0 Å². The van der Waals surface area contributed by atoms with Crippen LogP contribution in [0.25, 0.3) is 0 Å². The predicted octanol–water partition coefficient (Wildman–Crippen LogP) is 1.29. The van der Waals surface area contributed by atoms with E-state index in [0.717, 1.165) is 25.2 Å². The van der Waals surface area contributed by atoms with Gasteiger partial charge in [-0.1, -0.05) is 12.1 Å². The highest BCUT2D eigenvalue weighted by Gasteiger charge is 2.25.